The summed E-state index contributed by atoms with van der Waals surface area (Å²) in [6, 6.07) is 8.49. The number of para-hydroxylation sites is 1. The van der Waals surface area contributed by atoms with Crippen LogP contribution in [-0.2, 0) is 13.0 Å². The Labute approximate surface area is 127 Å². The van der Waals surface area contributed by atoms with E-state index in [0.29, 0.717) is 6.54 Å². The summed E-state index contributed by atoms with van der Waals surface area (Å²) in [5.74, 6) is 0. The Kier molecular flexibility index (Phi) is 4.17. The number of hydrogen-bond donors (Lipinski definition) is 2. The average molecular weight is 302 g/mol. The third-order valence-corrected chi connectivity index (χ3v) is 4.25. The van der Waals surface area contributed by atoms with Crippen molar-refractivity contribution in [2.45, 2.75) is 25.9 Å². The molecule has 2 aromatic heterocycles. The molecule has 0 spiro atoms. The Bertz CT molecular complexity index is 688. The first-order valence-corrected chi connectivity index (χ1v) is 7.80. The third kappa shape index (κ3) is 3.40. The van der Waals surface area contributed by atoms with Gasteiger partial charge in [-0.1, -0.05) is 12.1 Å². The van der Waals surface area contributed by atoms with Crippen molar-refractivity contribution in [3.8, 4) is 0 Å². The summed E-state index contributed by atoms with van der Waals surface area (Å²) in [6.45, 7) is 2.76. The molecule has 0 saturated carbocycles. The molecule has 1 atom stereocenters. The van der Waals surface area contributed by atoms with E-state index >= 15 is 0 Å². The lowest BCUT2D eigenvalue weighted by Crippen LogP contribution is -2.17. The zero-order valence-corrected chi connectivity index (χ0v) is 12.7. The minimum atomic E-state index is 0.0996. The fourth-order valence-corrected chi connectivity index (χ4v) is 3.36. The average Bonchev–Trinajstić information content (AvgIpc) is 3.05. The summed E-state index contributed by atoms with van der Waals surface area (Å²) in [7, 11) is 0. The van der Waals surface area contributed by atoms with Crippen molar-refractivity contribution < 1.29 is 5.11 Å². The van der Waals surface area contributed by atoms with Crippen molar-refractivity contribution in [2.75, 3.05) is 11.9 Å². The second kappa shape index (κ2) is 6.24. The normalized spacial score (nSPS) is 12.7. The highest BCUT2D eigenvalue weighted by molar-refractivity contribution is 7.18. The van der Waals surface area contributed by atoms with Gasteiger partial charge in [0.05, 0.1) is 40.3 Å². The number of thiazole rings is 1. The lowest BCUT2D eigenvalue weighted by molar-refractivity contribution is 0.269. The molecular formula is C15H18N4OS. The molecule has 1 aromatic carbocycles. The fourth-order valence-electron chi connectivity index (χ4n) is 2.27. The molecular weight excluding hydrogens is 284 g/mol. The van der Waals surface area contributed by atoms with Gasteiger partial charge in [-0.2, -0.15) is 5.10 Å². The number of rotatable bonds is 6. The zero-order valence-electron chi connectivity index (χ0n) is 11.9. The summed E-state index contributed by atoms with van der Waals surface area (Å²) in [6.07, 6.45) is 4.57. The van der Waals surface area contributed by atoms with Crippen LogP contribution in [0.5, 0.6) is 0 Å². The molecule has 0 fully saturated rings. The highest BCUT2D eigenvalue weighted by Gasteiger charge is 2.09. The highest BCUT2D eigenvalue weighted by Crippen LogP contribution is 2.23. The van der Waals surface area contributed by atoms with Crippen LogP contribution in [0.2, 0.25) is 0 Å². The number of hydrogen-bond acceptors (Lipinski definition) is 5. The molecule has 6 heteroatoms. The summed E-state index contributed by atoms with van der Waals surface area (Å²) in [4.78, 5) is 4.65. The molecule has 2 N–H and O–H groups in total. The van der Waals surface area contributed by atoms with E-state index in [1.165, 1.54) is 4.70 Å². The molecule has 1 unspecified atom stereocenters. The first-order valence-electron chi connectivity index (χ1n) is 6.99. The van der Waals surface area contributed by atoms with Crippen molar-refractivity contribution in [3.63, 3.8) is 0 Å². The Morgan fingerprint density at radius 2 is 2.24 bits per heavy atom. The van der Waals surface area contributed by atoms with Gasteiger partial charge >= 0.3 is 0 Å². The third-order valence-electron chi connectivity index (χ3n) is 3.19. The van der Waals surface area contributed by atoms with Crippen molar-refractivity contribution in [3.05, 3.63) is 41.7 Å². The Morgan fingerprint density at radius 3 is 3.05 bits per heavy atom. The molecule has 2 heterocycles. The Morgan fingerprint density at radius 1 is 1.38 bits per heavy atom. The van der Waals surface area contributed by atoms with E-state index in [9.17, 15) is 0 Å². The van der Waals surface area contributed by atoms with Gasteiger partial charge in [0.25, 0.3) is 0 Å². The molecule has 0 aliphatic heterocycles. The molecule has 0 bridgehead atoms. The molecule has 5 nitrogen and oxygen atoms in total. The summed E-state index contributed by atoms with van der Waals surface area (Å²) in [5.41, 5.74) is 2.04. The maximum atomic E-state index is 8.89. The van der Waals surface area contributed by atoms with Crippen LogP contribution < -0.4 is 5.32 Å². The Balaban J connectivity index is 1.63. The number of nitrogens with one attached hydrogen (secondary N) is 1. The smallest absolute Gasteiger partial charge is 0.0958 e. The topological polar surface area (TPSA) is 63.0 Å². The van der Waals surface area contributed by atoms with E-state index in [0.717, 1.165) is 22.6 Å². The number of aliphatic hydroxyl groups excluding tert-OH is 1. The number of aromatic nitrogens is 3. The molecule has 0 aliphatic carbocycles. The van der Waals surface area contributed by atoms with Gasteiger partial charge in [0.2, 0.25) is 0 Å². The van der Waals surface area contributed by atoms with Crippen LogP contribution in [0.25, 0.3) is 10.2 Å². The number of fused-ring (bicyclic) bond motifs is 1. The summed E-state index contributed by atoms with van der Waals surface area (Å²) < 4.78 is 2.96. The van der Waals surface area contributed by atoms with Crippen LogP contribution in [0.1, 0.15) is 11.9 Å². The van der Waals surface area contributed by atoms with Gasteiger partial charge in [-0.3, -0.25) is 4.68 Å². The van der Waals surface area contributed by atoms with Gasteiger partial charge in [0.15, 0.2) is 0 Å². The lowest BCUT2D eigenvalue weighted by atomic mass is 10.2. The number of benzene rings is 1. The maximum Gasteiger partial charge on any atom is 0.0958 e. The summed E-state index contributed by atoms with van der Waals surface area (Å²) >= 11 is 1.74. The summed E-state index contributed by atoms with van der Waals surface area (Å²) in [5, 5.41) is 17.6. The molecule has 3 rings (SSSR count). The minimum absolute atomic E-state index is 0.0996. The number of aliphatic hydroxyl groups is 1. The van der Waals surface area contributed by atoms with Crippen molar-refractivity contribution in [2.24, 2.45) is 0 Å². The van der Waals surface area contributed by atoms with Gasteiger partial charge in [0, 0.05) is 18.7 Å². The van der Waals surface area contributed by atoms with Gasteiger partial charge in [-0.15, -0.1) is 11.3 Å². The van der Waals surface area contributed by atoms with Crippen molar-refractivity contribution >= 4 is 27.2 Å². The van der Waals surface area contributed by atoms with Crippen LogP contribution >= 0.6 is 11.3 Å². The largest absolute Gasteiger partial charge is 0.394 e. The predicted molar refractivity (Wildman–Crippen MR) is 85.7 cm³/mol. The molecule has 0 saturated heterocycles. The van der Waals surface area contributed by atoms with Gasteiger partial charge in [0.1, 0.15) is 0 Å². The van der Waals surface area contributed by atoms with Crippen LogP contribution in [-0.4, -0.2) is 32.5 Å². The zero-order chi connectivity index (χ0) is 14.7. The second-order valence-electron chi connectivity index (χ2n) is 5.04. The van der Waals surface area contributed by atoms with E-state index in [4.69, 9.17) is 5.11 Å². The first kappa shape index (κ1) is 14.0. The molecule has 21 heavy (non-hydrogen) atoms. The molecule has 110 valence electrons. The van der Waals surface area contributed by atoms with E-state index in [1.54, 1.807) is 22.2 Å². The quantitative estimate of drug-likeness (QED) is 0.734. The molecule has 0 radical (unpaired) electrons. The van der Waals surface area contributed by atoms with Crippen LogP contribution in [0.3, 0.4) is 0 Å². The second-order valence-corrected chi connectivity index (χ2v) is 6.16. The fraction of sp³-hybridized carbons (Fsp3) is 0.333. The van der Waals surface area contributed by atoms with Crippen molar-refractivity contribution in [1.82, 2.24) is 14.8 Å². The standard InChI is InChI=1S/C15H18N4OS/c1-11(17-12-9-16-19(10-12)6-7-20)8-15-18-13-4-2-3-5-14(13)21-15/h2-5,9-11,17,20H,6-8H2,1H3. The van der Waals surface area contributed by atoms with Gasteiger partial charge < -0.3 is 10.4 Å². The van der Waals surface area contributed by atoms with E-state index in [-0.39, 0.29) is 12.6 Å². The maximum absolute atomic E-state index is 8.89. The van der Waals surface area contributed by atoms with Gasteiger partial charge in [-0.25, -0.2) is 4.98 Å². The van der Waals surface area contributed by atoms with Crippen LogP contribution in [0, 0.1) is 0 Å². The van der Waals surface area contributed by atoms with E-state index in [1.807, 2.05) is 24.4 Å². The first-order chi connectivity index (χ1) is 10.2. The number of nitrogens with zero attached hydrogens (tertiary/aromatic N) is 3. The molecule has 0 aliphatic rings. The van der Waals surface area contributed by atoms with Gasteiger partial charge in [-0.05, 0) is 19.1 Å². The predicted octanol–water partition coefficient (Wildman–Crippen LogP) is 2.53. The van der Waals surface area contributed by atoms with Crippen LogP contribution in [0.4, 0.5) is 5.69 Å². The van der Waals surface area contributed by atoms with E-state index in [2.05, 4.69) is 28.4 Å². The minimum Gasteiger partial charge on any atom is -0.394 e. The Hall–Kier alpha value is -1.92. The monoisotopic (exact) mass is 302 g/mol. The van der Waals surface area contributed by atoms with E-state index < -0.39 is 0 Å². The molecule has 3 aromatic rings. The highest BCUT2D eigenvalue weighted by atomic mass is 32.1. The molecule has 0 amide bonds. The van der Waals surface area contributed by atoms with Crippen LogP contribution in [0.15, 0.2) is 36.7 Å². The van der Waals surface area contributed by atoms with Crippen molar-refractivity contribution in [1.29, 1.82) is 0 Å². The number of anilines is 1. The lowest BCUT2D eigenvalue weighted by Gasteiger charge is -2.11. The SMILES string of the molecule is CC(Cc1nc2ccccc2s1)Nc1cnn(CCO)c1.